The first-order chi connectivity index (χ1) is 14.2. The van der Waals surface area contributed by atoms with Gasteiger partial charge in [-0.1, -0.05) is 19.3 Å². The molecule has 0 radical (unpaired) electrons. The fourth-order valence-electron chi connectivity index (χ4n) is 4.79. The summed E-state index contributed by atoms with van der Waals surface area (Å²) in [5, 5.41) is 3.29. The summed E-state index contributed by atoms with van der Waals surface area (Å²) >= 11 is 0. The van der Waals surface area contributed by atoms with Gasteiger partial charge in [0.1, 0.15) is 12.1 Å². The first-order valence-electron chi connectivity index (χ1n) is 11.1. The molecule has 7 nitrogen and oxygen atoms in total. The van der Waals surface area contributed by atoms with Crippen molar-refractivity contribution in [1.82, 2.24) is 24.8 Å². The molecular weight excluding hydrogens is 364 g/mol. The van der Waals surface area contributed by atoms with E-state index in [2.05, 4.69) is 27.1 Å². The standard InChI is InChI=1S/C22H32N6O/c1-17(18-7-3-2-4-8-18)25-21(29)15-19-9-5-6-13-28(19)20-10-11-24-22(26-20)27-14-12-23-16-27/h10-12,14,16-19H,2-9,13,15H2,1H3,(H,25,29). The molecular formula is C22H32N6O. The summed E-state index contributed by atoms with van der Waals surface area (Å²) in [6.07, 6.45) is 17.3. The number of carbonyl (C=O) groups excluding carboxylic acids is 1. The van der Waals surface area contributed by atoms with Crippen LogP contribution in [0.2, 0.25) is 0 Å². The minimum atomic E-state index is 0.170. The number of imidazole rings is 1. The second-order valence-electron chi connectivity index (χ2n) is 8.49. The summed E-state index contributed by atoms with van der Waals surface area (Å²) in [7, 11) is 0. The molecule has 2 aromatic heterocycles. The summed E-state index contributed by atoms with van der Waals surface area (Å²) in [5.74, 6) is 2.31. The molecule has 3 heterocycles. The van der Waals surface area contributed by atoms with Crippen LogP contribution in [0.3, 0.4) is 0 Å². The fourth-order valence-corrected chi connectivity index (χ4v) is 4.79. The lowest BCUT2D eigenvalue weighted by atomic mass is 9.84. The highest BCUT2D eigenvalue weighted by Crippen LogP contribution is 2.28. The van der Waals surface area contributed by atoms with Gasteiger partial charge in [-0.25, -0.2) is 9.97 Å². The van der Waals surface area contributed by atoms with Crippen LogP contribution in [-0.4, -0.2) is 44.1 Å². The first kappa shape index (κ1) is 19.9. The van der Waals surface area contributed by atoms with Crippen LogP contribution in [0.4, 0.5) is 5.82 Å². The maximum absolute atomic E-state index is 12.8. The molecule has 0 bridgehead atoms. The van der Waals surface area contributed by atoms with Crippen molar-refractivity contribution in [2.75, 3.05) is 11.4 Å². The number of nitrogens with zero attached hydrogens (tertiary/aromatic N) is 5. The normalized spacial score (nSPS) is 21.7. The van der Waals surface area contributed by atoms with Crippen molar-refractivity contribution < 1.29 is 4.79 Å². The molecule has 1 amide bonds. The number of nitrogens with one attached hydrogen (secondary N) is 1. The van der Waals surface area contributed by atoms with Crippen molar-refractivity contribution in [3.63, 3.8) is 0 Å². The van der Waals surface area contributed by atoms with Gasteiger partial charge in [0.05, 0.1) is 0 Å². The Hall–Kier alpha value is -2.44. The minimum Gasteiger partial charge on any atom is -0.353 e. The molecule has 4 rings (SSSR count). The van der Waals surface area contributed by atoms with Gasteiger partial charge in [-0.15, -0.1) is 0 Å². The molecule has 156 valence electrons. The summed E-state index contributed by atoms with van der Waals surface area (Å²) in [5.41, 5.74) is 0. The Morgan fingerprint density at radius 2 is 2.00 bits per heavy atom. The second-order valence-corrected chi connectivity index (χ2v) is 8.49. The van der Waals surface area contributed by atoms with Crippen LogP contribution >= 0.6 is 0 Å². The topological polar surface area (TPSA) is 75.9 Å². The molecule has 2 aliphatic rings. The van der Waals surface area contributed by atoms with Crippen molar-refractivity contribution in [2.24, 2.45) is 5.92 Å². The highest BCUT2D eigenvalue weighted by atomic mass is 16.1. The maximum atomic E-state index is 12.8. The quantitative estimate of drug-likeness (QED) is 0.809. The first-order valence-corrected chi connectivity index (χ1v) is 11.1. The Balaban J connectivity index is 1.41. The van der Waals surface area contributed by atoms with Gasteiger partial charge in [-0.2, -0.15) is 4.98 Å². The molecule has 0 spiro atoms. The highest BCUT2D eigenvalue weighted by Gasteiger charge is 2.28. The molecule has 1 N–H and O–H groups in total. The summed E-state index contributed by atoms with van der Waals surface area (Å²) in [6, 6.07) is 2.40. The molecule has 1 saturated carbocycles. The largest absolute Gasteiger partial charge is 0.353 e. The van der Waals surface area contributed by atoms with E-state index in [9.17, 15) is 4.79 Å². The molecule has 2 atom stereocenters. The van der Waals surface area contributed by atoms with Gasteiger partial charge in [0.15, 0.2) is 0 Å². The molecule has 2 unspecified atom stereocenters. The number of anilines is 1. The Kier molecular flexibility index (Phi) is 6.42. The van der Waals surface area contributed by atoms with E-state index < -0.39 is 0 Å². The van der Waals surface area contributed by atoms with E-state index in [0.29, 0.717) is 18.3 Å². The molecule has 1 aliphatic heterocycles. The van der Waals surface area contributed by atoms with Crippen LogP contribution < -0.4 is 10.2 Å². The number of piperidine rings is 1. The van der Waals surface area contributed by atoms with Gasteiger partial charge in [-0.05, 0) is 51.0 Å². The lowest BCUT2D eigenvalue weighted by molar-refractivity contribution is -0.122. The zero-order valence-corrected chi connectivity index (χ0v) is 17.3. The number of hydrogen-bond acceptors (Lipinski definition) is 5. The summed E-state index contributed by atoms with van der Waals surface area (Å²) < 4.78 is 1.81. The fraction of sp³-hybridized carbons (Fsp3) is 0.636. The number of rotatable bonds is 6. The van der Waals surface area contributed by atoms with E-state index >= 15 is 0 Å². The van der Waals surface area contributed by atoms with Gasteiger partial charge in [-0.3, -0.25) is 9.36 Å². The van der Waals surface area contributed by atoms with E-state index in [1.54, 1.807) is 23.3 Å². The van der Waals surface area contributed by atoms with Crippen molar-refractivity contribution in [2.45, 2.75) is 76.8 Å². The Labute approximate surface area is 173 Å². The van der Waals surface area contributed by atoms with E-state index in [0.717, 1.165) is 31.6 Å². The van der Waals surface area contributed by atoms with E-state index in [-0.39, 0.29) is 18.0 Å². The molecule has 1 aliphatic carbocycles. The monoisotopic (exact) mass is 396 g/mol. The van der Waals surface area contributed by atoms with Crippen LogP contribution in [0, 0.1) is 5.92 Å². The number of amides is 1. The van der Waals surface area contributed by atoms with E-state index in [4.69, 9.17) is 4.98 Å². The van der Waals surface area contributed by atoms with Crippen LogP contribution in [0.1, 0.15) is 64.7 Å². The van der Waals surface area contributed by atoms with Gasteiger partial charge in [0.25, 0.3) is 0 Å². The lowest BCUT2D eigenvalue weighted by Gasteiger charge is -2.37. The van der Waals surface area contributed by atoms with Crippen molar-refractivity contribution in [3.8, 4) is 5.95 Å². The van der Waals surface area contributed by atoms with Crippen molar-refractivity contribution in [3.05, 3.63) is 31.0 Å². The van der Waals surface area contributed by atoms with Crippen molar-refractivity contribution >= 4 is 11.7 Å². The SMILES string of the molecule is CC(NC(=O)CC1CCCCN1c1ccnc(-n2ccnc2)n1)C1CCCCC1. The zero-order valence-electron chi connectivity index (χ0n) is 17.3. The molecule has 2 fully saturated rings. The Morgan fingerprint density at radius 3 is 2.79 bits per heavy atom. The second kappa shape index (κ2) is 9.37. The number of carbonyl (C=O) groups is 1. The van der Waals surface area contributed by atoms with Crippen LogP contribution in [0.15, 0.2) is 31.0 Å². The maximum Gasteiger partial charge on any atom is 0.236 e. The predicted molar refractivity (Wildman–Crippen MR) is 113 cm³/mol. The smallest absolute Gasteiger partial charge is 0.236 e. The predicted octanol–water partition coefficient (Wildman–Crippen LogP) is 3.50. The molecule has 2 aromatic rings. The van der Waals surface area contributed by atoms with Gasteiger partial charge >= 0.3 is 0 Å². The van der Waals surface area contributed by atoms with E-state index in [1.165, 1.54) is 32.1 Å². The third-order valence-electron chi connectivity index (χ3n) is 6.45. The Bertz CT molecular complexity index is 786. The van der Waals surface area contributed by atoms with Gasteiger partial charge in [0, 0.05) is 43.6 Å². The molecule has 1 saturated heterocycles. The van der Waals surface area contributed by atoms with Crippen LogP contribution in [0.25, 0.3) is 5.95 Å². The molecule has 0 aromatic carbocycles. The zero-order chi connectivity index (χ0) is 20.1. The summed E-state index contributed by atoms with van der Waals surface area (Å²) in [6.45, 7) is 3.10. The van der Waals surface area contributed by atoms with Gasteiger partial charge < -0.3 is 10.2 Å². The third-order valence-corrected chi connectivity index (χ3v) is 6.45. The Morgan fingerprint density at radius 1 is 1.17 bits per heavy atom. The van der Waals surface area contributed by atoms with Crippen molar-refractivity contribution in [1.29, 1.82) is 0 Å². The van der Waals surface area contributed by atoms with Crippen LogP contribution in [-0.2, 0) is 4.79 Å². The molecule has 7 heteroatoms. The van der Waals surface area contributed by atoms with Gasteiger partial charge in [0.2, 0.25) is 11.9 Å². The lowest BCUT2D eigenvalue weighted by Crippen LogP contribution is -2.46. The van der Waals surface area contributed by atoms with Crippen LogP contribution in [0.5, 0.6) is 0 Å². The average Bonchev–Trinajstić information content (AvgIpc) is 3.30. The third kappa shape index (κ3) is 4.95. The minimum absolute atomic E-state index is 0.170. The molecule has 29 heavy (non-hydrogen) atoms. The number of hydrogen-bond donors (Lipinski definition) is 1. The highest BCUT2D eigenvalue weighted by molar-refractivity contribution is 5.77. The summed E-state index contributed by atoms with van der Waals surface area (Å²) in [4.78, 5) is 28.3. The number of aromatic nitrogens is 4. The average molecular weight is 397 g/mol. The van der Waals surface area contributed by atoms with E-state index in [1.807, 2.05) is 12.3 Å².